The van der Waals surface area contributed by atoms with Gasteiger partial charge in [-0.25, -0.2) is 0 Å². The molecule has 0 fully saturated rings. The van der Waals surface area contributed by atoms with Crippen LogP contribution in [0.15, 0.2) is 0 Å². The van der Waals surface area contributed by atoms with Crippen LogP contribution in [-0.4, -0.2) is 29.4 Å². The Hall–Kier alpha value is -0.610. The lowest BCUT2D eigenvalue weighted by Gasteiger charge is -2.25. The van der Waals surface area contributed by atoms with E-state index < -0.39 is 5.97 Å². The van der Waals surface area contributed by atoms with Crippen LogP contribution in [0.4, 0.5) is 0 Å². The molecule has 0 rings (SSSR count). The number of rotatable bonds is 4. The molecule has 0 aromatic carbocycles. The van der Waals surface area contributed by atoms with Crippen molar-refractivity contribution in [3.63, 3.8) is 0 Å². The lowest BCUT2D eigenvalue weighted by Crippen LogP contribution is -2.38. The molecule has 0 saturated heterocycles. The molecule has 0 amide bonds. The molecule has 0 bridgehead atoms. The number of carbonyl (C=O) groups is 1. The van der Waals surface area contributed by atoms with Gasteiger partial charge in [0.2, 0.25) is 0 Å². The highest BCUT2D eigenvalue weighted by molar-refractivity contribution is 5.68. The van der Waals surface area contributed by atoms with E-state index in [1.54, 1.807) is 6.92 Å². The SMILES string of the molecule is CC(NCC(=O)O)OC(C)(C)C. The highest BCUT2D eigenvalue weighted by Crippen LogP contribution is 2.08. The third-order valence-corrected chi connectivity index (χ3v) is 1.07. The van der Waals surface area contributed by atoms with E-state index in [4.69, 9.17) is 9.84 Å². The average Bonchev–Trinajstić information content (AvgIpc) is 1.79. The highest BCUT2D eigenvalue weighted by Gasteiger charge is 2.14. The van der Waals surface area contributed by atoms with Crippen LogP contribution >= 0.6 is 0 Å². The van der Waals surface area contributed by atoms with Gasteiger partial charge in [-0.05, 0) is 27.7 Å². The van der Waals surface area contributed by atoms with Crippen molar-refractivity contribution in [3.05, 3.63) is 0 Å². The molecule has 72 valence electrons. The molecule has 4 heteroatoms. The molecule has 0 aromatic rings. The Kier molecular flexibility index (Phi) is 4.20. The summed E-state index contributed by atoms with van der Waals surface area (Å²) in [4.78, 5) is 10.2. The maximum Gasteiger partial charge on any atom is 0.317 e. The van der Waals surface area contributed by atoms with E-state index in [-0.39, 0.29) is 18.4 Å². The Morgan fingerprint density at radius 3 is 2.42 bits per heavy atom. The smallest absolute Gasteiger partial charge is 0.317 e. The maximum absolute atomic E-state index is 10.2. The van der Waals surface area contributed by atoms with Gasteiger partial charge in [-0.15, -0.1) is 0 Å². The first kappa shape index (κ1) is 11.4. The summed E-state index contributed by atoms with van der Waals surface area (Å²) in [6.45, 7) is 7.48. The fourth-order valence-corrected chi connectivity index (χ4v) is 0.803. The quantitative estimate of drug-likeness (QED) is 0.621. The first-order valence-corrected chi connectivity index (χ1v) is 3.94. The normalized spacial score (nSPS) is 14.3. The molecule has 1 atom stereocenters. The molecule has 0 radical (unpaired) electrons. The van der Waals surface area contributed by atoms with E-state index >= 15 is 0 Å². The molecular formula is C8H17NO3. The second-order valence-corrected chi connectivity index (χ2v) is 3.65. The molecule has 0 aromatic heterocycles. The lowest BCUT2D eigenvalue weighted by molar-refractivity contribution is -0.138. The summed E-state index contributed by atoms with van der Waals surface area (Å²) in [6, 6.07) is 0. The molecule has 0 aliphatic rings. The summed E-state index contributed by atoms with van der Waals surface area (Å²) in [5.74, 6) is -0.876. The summed E-state index contributed by atoms with van der Waals surface area (Å²) in [7, 11) is 0. The number of nitrogens with one attached hydrogen (secondary N) is 1. The van der Waals surface area contributed by atoms with Crippen molar-refractivity contribution in [3.8, 4) is 0 Å². The van der Waals surface area contributed by atoms with Crippen LogP contribution in [0.1, 0.15) is 27.7 Å². The number of aliphatic carboxylic acids is 1. The summed E-state index contributed by atoms with van der Waals surface area (Å²) >= 11 is 0. The minimum absolute atomic E-state index is 0.0722. The second kappa shape index (κ2) is 4.42. The standard InChI is InChI=1S/C8H17NO3/c1-6(9-5-7(10)11)12-8(2,3)4/h6,9H,5H2,1-4H3,(H,10,11). The Morgan fingerprint density at radius 1 is 1.58 bits per heavy atom. The molecule has 4 nitrogen and oxygen atoms in total. The number of carboxylic acids is 1. The molecule has 0 saturated carbocycles. The van der Waals surface area contributed by atoms with E-state index in [2.05, 4.69) is 5.32 Å². The molecule has 12 heavy (non-hydrogen) atoms. The zero-order chi connectivity index (χ0) is 9.78. The second-order valence-electron chi connectivity index (χ2n) is 3.65. The van der Waals surface area contributed by atoms with E-state index in [1.165, 1.54) is 0 Å². The molecule has 0 aliphatic heterocycles. The Bertz CT molecular complexity index is 151. The minimum atomic E-state index is -0.876. The number of hydrogen-bond acceptors (Lipinski definition) is 3. The van der Waals surface area contributed by atoms with Gasteiger partial charge in [0, 0.05) is 0 Å². The Balaban J connectivity index is 3.60. The molecule has 2 N–H and O–H groups in total. The first-order chi connectivity index (χ1) is 5.31. The van der Waals surface area contributed by atoms with Crippen molar-refractivity contribution < 1.29 is 14.6 Å². The zero-order valence-corrected chi connectivity index (χ0v) is 8.05. The summed E-state index contributed by atoms with van der Waals surface area (Å²) in [6.07, 6.45) is -0.235. The third-order valence-electron chi connectivity index (χ3n) is 1.07. The number of ether oxygens (including phenoxy) is 1. The summed E-state index contributed by atoms with van der Waals surface area (Å²) in [5, 5.41) is 11.1. The van der Waals surface area contributed by atoms with Gasteiger partial charge in [-0.1, -0.05) is 0 Å². The highest BCUT2D eigenvalue weighted by atomic mass is 16.5. The summed E-state index contributed by atoms with van der Waals surface area (Å²) in [5.41, 5.74) is -0.245. The first-order valence-electron chi connectivity index (χ1n) is 3.94. The van der Waals surface area contributed by atoms with Crippen LogP contribution in [0.2, 0.25) is 0 Å². The fourth-order valence-electron chi connectivity index (χ4n) is 0.803. The molecule has 0 aliphatic carbocycles. The van der Waals surface area contributed by atoms with Crippen molar-refractivity contribution in [2.24, 2.45) is 0 Å². The van der Waals surface area contributed by atoms with Gasteiger partial charge in [0.25, 0.3) is 0 Å². The Morgan fingerprint density at radius 2 is 2.08 bits per heavy atom. The van der Waals surface area contributed by atoms with Crippen molar-refractivity contribution in [2.75, 3.05) is 6.54 Å². The van der Waals surface area contributed by atoms with Crippen molar-refractivity contribution in [1.82, 2.24) is 5.32 Å². The van der Waals surface area contributed by atoms with Gasteiger partial charge < -0.3 is 9.84 Å². The third kappa shape index (κ3) is 7.50. The van der Waals surface area contributed by atoms with Gasteiger partial charge >= 0.3 is 5.97 Å². The van der Waals surface area contributed by atoms with Crippen molar-refractivity contribution in [1.29, 1.82) is 0 Å². The molecular weight excluding hydrogens is 158 g/mol. The monoisotopic (exact) mass is 175 g/mol. The van der Waals surface area contributed by atoms with Crippen molar-refractivity contribution >= 4 is 5.97 Å². The van der Waals surface area contributed by atoms with Crippen LogP contribution in [-0.2, 0) is 9.53 Å². The maximum atomic E-state index is 10.2. The zero-order valence-electron chi connectivity index (χ0n) is 8.05. The number of hydrogen-bond donors (Lipinski definition) is 2. The van der Waals surface area contributed by atoms with E-state index in [0.29, 0.717) is 0 Å². The summed E-state index contributed by atoms with van der Waals surface area (Å²) < 4.78 is 5.41. The van der Waals surface area contributed by atoms with E-state index in [0.717, 1.165) is 0 Å². The molecule has 0 spiro atoms. The van der Waals surface area contributed by atoms with E-state index in [1.807, 2.05) is 20.8 Å². The van der Waals surface area contributed by atoms with Gasteiger partial charge in [0.05, 0.1) is 12.1 Å². The van der Waals surface area contributed by atoms with Crippen molar-refractivity contribution in [2.45, 2.75) is 39.5 Å². The fraction of sp³-hybridized carbons (Fsp3) is 0.875. The van der Waals surface area contributed by atoms with Gasteiger partial charge in [-0.3, -0.25) is 10.1 Å². The van der Waals surface area contributed by atoms with Crippen LogP contribution in [0.3, 0.4) is 0 Å². The predicted octanol–water partition coefficient (Wildman–Crippen LogP) is 0.822. The topological polar surface area (TPSA) is 58.6 Å². The average molecular weight is 175 g/mol. The van der Waals surface area contributed by atoms with Crippen LogP contribution in [0.25, 0.3) is 0 Å². The van der Waals surface area contributed by atoms with Gasteiger partial charge in [0.15, 0.2) is 0 Å². The van der Waals surface area contributed by atoms with Crippen LogP contribution < -0.4 is 5.32 Å². The van der Waals surface area contributed by atoms with Crippen LogP contribution in [0.5, 0.6) is 0 Å². The lowest BCUT2D eigenvalue weighted by atomic mass is 10.2. The number of carboxylic acid groups (broad SMARTS) is 1. The van der Waals surface area contributed by atoms with Crippen LogP contribution in [0, 0.1) is 0 Å². The van der Waals surface area contributed by atoms with Gasteiger partial charge in [0.1, 0.15) is 6.23 Å². The van der Waals surface area contributed by atoms with E-state index in [9.17, 15) is 4.79 Å². The predicted molar refractivity (Wildman–Crippen MR) is 45.9 cm³/mol. The largest absolute Gasteiger partial charge is 0.480 e. The molecule has 1 unspecified atom stereocenters. The Labute approximate surface area is 72.9 Å². The van der Waals surface area contributed by atoms with Gasteiger partial charge in [-0.2, -0.15) is 0 Å². The molecule has 0 heterocycles. The minimum Gasteiger partial charge on any atom is -0.480 e.